The average Bonchev–Trinajstić information content (AvgIpc) is 2.45. The maximum Gasteiger partial charge on any atom is 0.251 e. The molecule has 0 radical (unpaired) electrons. The molecule has 1 N–H and O–H groups in total. The van der Waals surface area contributed by atoms with Crippen LogP contribution in [0.1, 0.15) is 10.4 Å². The van der Waals surface area contributed by atoms with Crippen molar-refractivity contribution >= 4 is 29.3 Å². The number of carbonyl (C=O) groups excluding carboxylic acids is 1. The molecule has 2 nitrogen and oxygen atoms in total. The summed E-state index contributed by atoms with van der Waals surface area (Å²) in [6, 6.07) is 17.0. The molecule has 0 aromatic heterocycles. The van der Waals surface area contributed by atoms with E-state index in [-0.39, 0.29) is 5.91 Å². The van der Waals surface area contributed by atoms with Crippen molar-refractivity contribution in [3.63, 3.8) is 0 Å². The minimum Gasteiger partial charge on any atom is -0.351 e. The van der Waals surface area contributed by atoms with Gasteiger partial charge in [-0.2, -0.15) is 0 Å². The molecule has 0 aliphatic rings. The topological polar surface area (TPSA) is 29.1 Å². The highest BCUT2D eigenvalue weighted by molar-refractivity contribution is 7.99. The van der Waals surface area contributed by atoms with E-state index in [1.54, 1.807) is 36.0 Å². The number of hydrogen-bond donors (Lipinski definition) is 1. The molecule has 0 saturated carbocycles. The molecule has 2 aromatic rings. The Labute approximate surface area is 122 Å². The molecule has 0 unspecified atom stereocenters. The lowest BCUT2D eigenvalue weighted by atomic mass is 10.2. The van der Waals surface area contributed by atoms with E-state index in [1.165, 1.54) is 4.90 Å². The van der Waals surface area contributed by atoms with Crippen molar-refractivity contribution in [2.75, 3.05) is 12.3 Å². The second-order valence-electron chi connectivity index (χ2n) is 3.92. The van der Waals surface area contributed by atoms with Crippen LogP contribution in [-0.4, -0.2) is 18.2 Å². The van der Waals surface area contributed by atoms with Gasteiger partial charge in [0.1, 0.15) is 0 Å². The second-order valence-corrected chi connectivity index (χ2v) is 5.53. The van der Waals surface area contributed by atoms with Crippen molar-refractivity contribution in [3.05, 3.63) is 65.2 Å². The van der Waals surface area contributed by atoms with E-state index >= 15 is 0 Å². The predicted molar refractivity (Wildman–Crippen MR) is 81.0 cm³/mol. The van der Waals surface area contributed by atoms with E-state index in [0.29, 0.717) is 17.1 Å². The van der Waals surface area contributed by atoms with E-state index in [9.17, 15) is 4.79 Å². The number of amides is 1. The molecule has 0 saturated heterocycles. The van der Waals surface area contributed by atoms with Crippen molar-refractivity contribution in [2.24, 2.45) is 0 Å². The van der Waals surface area contributed by atoms with E-state index < -0.39 is 0 Å². The van der Waals surface area contributed by atoms with Crippen LogP contribution in [0.25, 0.3) is 0 Å². The minimum absolute atomic E-state index is 0.0645. The maximum absolute atomic E-state index is 11.8. The van der Waals surface area contributed by atoms with Gasteiger partial charge >= 0.3 is 0 Å². The summed E-state index contributed by atoms with van der Waals surface area (Å²) in [5.41, 5.74) is 0.633. The summed E-state index contributed by atoms with van der Waals surface area (Å²) >= 11 is 7.50. The molecule has 2 aromatic carbocycles. The number of thioether (sulfide) groups is 1. The third kappa shape index (κ3) is 4.62. The fraction of sp³-hybridized carbons (Fsp3) is 0.133. The number of rotatable bonds is 5. The zero-order valence-corrected chi connectivity index (χ0v) is 11.9. The van der Waals surface area contributed by atoms with Crippen molar-refractivity contribution in [1.82, 2.24) is 5.32 Å². The lowest BCUT2D eigenvalue weighted by Gasteiger charge is -2.05. The first-order chi connectivity index (χ1) is 9.25. The number of carbonyl (C=O) groups is 1. The number of halogens is 1. The Kier molecular flexibility index (Phi) is 5.31. The fourth-order valence-corrected chi connectivity index (χ4v) is 2.47. The van der Waals surface area contributed by atoms with Crippen molar-refractivity contribution in [1.29, 1.82) is 0 Å². The molecule has 2 rings (SSSR count). The van der Waals surface area contributed by atoms with Gasteiger partial charge in [-0.05, 0) is 36.4 Å². The van der Waals surface area contributed by atoms with Crippen LogP contribution in [0.15, 0.2) is 59.5 Å². The van der Waals surface area contributed by atoms with Crippen LogP contribution in [0.2, 0.25) is 5.02 Å². The lowest BCUT2D eigenvalue weighted by Crippen LogP contribution is -2.25. The van der Waals surface area contributed by atoms with Crippen molar-refractivity contribution in [2.45, 2.75) is 4.90 Å². The average molecular weight is 292 g/mol. The van der Waals surface area contributed by atoms with Crippen molar-refractivity contribution in [3.8, 4) is 0 Å². The molecule has 4 heteroatoms. The molecule has 0 aliphatic carbocycles. The normalized spacial score (nSPS) is 10.2. The third-order valence-corrected chi connectivity index (χ3v) is 3.77. The van der Waals surface area contributed by atoms with Gasteiger partial charge < -0.3 is 5.32 Å². The van der Waals surface area contributed by atoms with Crippen LogP contribution in [0.3, 0.4) is 0 Å². The first kappa shape index (κ1) is 14.0. The summed E-state index contributed by atoms with van der Waals surface area (Å²) in [7, 11) is 0. The zero-order chi connectivity index (χ0) is 13.5. The molecular formula is C15H14ClNOS. The van der Waals surface area contributed by atoms with Gasteiger partial charge in [0.2, 0.25) is 0 Å². The first-order valence-corrected chi connectivity index (χ1v) is 7.34. The van der Waals surface area contributed by atoms with Crippen LogP contribution in [0.4, 0.5) is 0 Å². The molecule has 0 heterocycles. The van der Waals surface area contributed by atoms with Crippen LogP contribution in [0.5, 0.6) is 0 Å². The van der Waals surface area contributed by atoms with Gasteiger partial charge in [0.25, 0.3) is 5.91 Å². The highest BCUT2D eigenvalue weighted by Gasteiger charge is 2.04. The monoisotopic (exact) mass is 291 g/mol. The van der Waals surface area contributed by atoms with Gasteiger partial charge in [0.05, 0.1) is 0 Å². The van der Waals surface area contributed by atoms with E-state index in [0.717, 1.165) is 5.75 Å². The van der Waals surface area contributed by atoms with Crippen LogP contribution < -0.4 is 5.32 Å². The summed E-state index contributed by atoms with van der Waals surface area (Å²) in [4.78, 5) is 13.0. The molecular weight excluding hydrogens is 278 g/mol. The molecule has 0 fully saturated rings. The summed E-state index contributed by atoms with van der Waals surface area (Å²) in [5.74, 6) is 0.786. The Balaban J connectivity index is 1.74. The Morgan fingerprint density at radius 2 is 1.74 bits per heavy atom. The highest BCUT2D eigenvalue weighted by Crippen LogP contribution is 2.15. The summed E-state index contributed by atoms with van der Waals surface area (Å²) < 4.78 is 0. The fourth-order valence-electron chi connectivity index (χ4n) is 1.55. The number of benzene rings is 2. The van der Waals surface area contributed by atoms with Crippen LogP contribution >= 0.6 is 23.4 Å². The third-order valence-electron chi connectivity index (χ3n) is 2.51. The van der Waals surface area contributed by atoms with Crippen LogP contribution in [0, 0.1) is 0 Å². The molecule has 0 spiro atoms. The lowest BCUT2D eigenvalue weighted by molar-refractivity contribution is 0.0956. The Hall–Kier alpha value is -1.45. The molecule has 1 amide bonds. The Morgan fingerprint density at radius 1 is 1.05 bits per heavy atom. The van der Waals surface area contributed by atoms with Gasteiger partial charge in [-0.25, -0.2) is 0 Å². The maximum atomic E-state index is 11.8. The summed E-state index contributed by atoms with van der Waals surface area (Å²) in [6.07, 6.45) is 0. The molecule has 98 valence electrons. The SMILES string of the molecule is O=C(NCCSc1ccccc1)c1ccc(Cl)cc1. The first-order valence-electron chi connectivity index (χ1n) is 5.97. The van der Waals surface area contributed by atoms with Gasteiger partial charge in [-0.15, -0.1) is 11.8 Å². The van der Waals surface area contributed by atoms with Gasteiger partial charge in [0.15, 0.2) is 0 Å². The quantitative estimate of drug-likeness (QED) is 0.669. The summed E-state index contributed by atoms with van der Waals surface area (Å²) in [6.45, 7) is 0.640. The molecule has 0 bridgehead atoms. The van der Waals surface area contributed by atoms with Gasteiger partial charge in [0, 0.05) is 27.8 Å². The van der Waals surface area contributed by atoms with E-state index in [1.807, 2.05) is 18.2 Å². The molecule has 0 aliphatic heterocycles. The molecule has 0 atom stereocenters. The predicted octanol–water partition coefficient (Wildman–Crippen LogP) is 3.86. The van der Waals surface area contributed by atoms with Gasteiger partial charge in [-0.1, -0.05) is 29.8 Å². The van der Waals surface area contributed by atoms with E-state index in [4.69, 9.17) is 11.6 Å². The number of nitrogens with one attached hydrogen (secondary N) is 1. The highest BCUT2D eigenvalue weighted by atomic mass is 35.5. The minimum atomic E-state index is -0.0645. The zero-order valence-electron chi connectivity index (χ0n) is 10.3. The number of hydrogen-bond acceptors (Lipinski definition) is 2. The van der Waals surface area contributed by atoms with Crippen molar-refractivity contribution < 1.29 is 4.79 Å². The largest absolute Gasteiger partial charge is 0.351 e. The van der Waals surface area contributed by atoms with Gasteiger partial charge in [-0.3, -0.25) is 4.79 Å². The summed E-state index contributed by atoms with van der Waals surface area (Å²) in [5, 5.41) is 3.52. The second kappa shape index (κ2) is 7.22. The smallest absolute Gasteiger partial charge is 0.251 e. The standard InChI is InChI=1S/C15H14ClNOS/c16-13-8-6-12(7-9-13)15(18)17-10-11-19-14-4-2-1-3-5-14/h1-9H,10-11H2,(H,17,18). The Bertz CT molecular complexity index is 528. The molecule has 19 heavy (non-hydrogen) atoms. The Morgan fingerprint density at radius 3 is 2.42 bits per heavy atom. The van der Waals surface area contributed by atoms with Crippen LogP contribution in [-0.2, 0) is 0 Å². The van der Waals surface area contributed by atoms with E-state index in [2.05, 4.69) is 17.4 Å².